The number of ether oxygens (including phenoxy) is 1. The molecular formula is C21H20N2O3. The Balaban J connectivity index is 1.77. The van der Waals surface area contributed by atoms with Gasteiger partial charge in [-0.05, 0) is 40.6 Å². The SMILES string of the molecule is COc1cccc(C[C@@H](NC(=O)c2ccc3ccccc3c2)C(N)=O)c1. The second-order valence-electron chi connectivity index (χ2n) is 6.05. The summed E-state index contributed by atoms with van der Waals surface area (Å²) >= 11 is 0. The molecule has 132 valence electrons. The molecule has 3 rings (SSSR count). The van der Waals surface area contributed by atoms with Crippen LogP contribution < -0.4 is 15.8 Å². The van der Waals surface area contributed by atoms with Crippen LogP contribution in [0.3, 0.4) is 0 Å². The number of nitrogens with one attached hydrogen (secondary N) is 1. The third kappa shape index (κ3) is 4.00. The number of primary amides is 1. The predicted octanol–water partition coefficient (Wildman–Crippen LogP) is 2.67. The number of carbonyl (C=O) groups excluding carboxylic acids is 2. The van der Waals surface area contributed by atoms with Crippen LogP contribution in [0.25, 0.3) is 10.8 Å². The van der Waals surface area contributed by atoms with Gasteiger partial charge in [0.05, 0.1) is 7.11 Å². The lowest BCUT2D eigenvalue weighted by atomic mass is 10.0. The van der Waals surface area contributed by atoms with E-state index in [0.29, 0.717) is 17.7 Å². The van der Waals surface area contributed by atoms with Crippen LogP contribution >= 0.6 is 0 Å². The zero-order chi connectivity index (χ0) is 18.5. The maximum Gasteiger partial charge on any atom is 0.251 e. The van der Waals surface area contributed by atoms with Gasteiger partial charge in [0.25, 0.3) is 5.91 Å². The summed E-state index contributed by atoms with van der Waals surface area (Å²) in [7, 11) is 1.58. The fourth-order valence-corrected chi connectivity index (χ4v) is 2.83. The topological polar surface area (TPSA) is 81.4 Å². The molecule has 2 amide bonds. The summed E-state index contributed by atoms with van der Waals surface area (Å²) in [6.07, 6.45) is 0.297. The van der Waals surface area contributed by atoms with E-state index >= 15 is 0 Å². The molecule has 3 aromatic carbocycles. The first-order chi connectivity index (χ1) is 12.6. The van der Waals surface area contributed by atoms with Crippen molar-refractivity contribution in [1.29, 1.82) is 0 Å². The first-order valence-corrected chi connectivity index (χ1v) is 8.29. The number of benzene rings is 3. The molecule has 3 aromatic rings. The summed E-state index contributed by atoms with van der Waals surface area (Å²) in [6.45, 7) is 0. The van der Waals surface area contributed by atoms with Crippen molar-refractivity contribution in [1.82, 2.24) is 5.32 Å². The van der Waals surface area contributed by atoms with Gasteiger partial charge in [0.1, 0.15) is 11.8 Å². The average molecular weight is 348 g/mol. The minimum atomic E-state index is -0.805. The lowest BCUT2D eigenvalue weighted by molar-refractivity contribution is -0.119. The largest absolute Gasteiger partial charge is 0.497 e. The Kier molecular flexibility index (Phi) is 5.17. The third-order valence-corrected chi connectivity index (χ3v) is 4.23. The number of fused-ring (bicyclic) bond motifs is 1. The first-order valence-electron chi connectivity index (χ1n) is 8.29. The van der Waals surface area contributed by atoms with Crippen molar-refractivity contribution in [2.45, 2.75) is 12.5 Å². The van der Waals surface area contributed by atoms with Crippen molar-refractivity contribution >= 4 is 22.6 Å². The maximum atomic E-state index is 12.6. The number of amides is 2. The Morgan fingerprint density at radius 2 is 1.77 bits per heavy atom. The Bertz CT molecular complexity index is 953. The van der Waals surface area contributed by atoms with Crippen molar-refractivity contribution in [3.8, 4) is 5.75 Å². The number of hydrogen-bond donors (Lipinski definition) is 2. The van der Waals surface area contributed by atoms with E-state index < -0.39 is 11.9 Å². The van der Waals surface area contributed by atoms with Gasteiger partial charge in [-0.3, -0.25) is 9.59 Å². The summed E-state index contributed by atoms with van der Waals surface area (Å²) in [5.74, 6) is -0.226. The van der Waals surface area contributed by atoms with E-state index in [9.17, 15) is 9.59 Å². The number of carbonyl (C=O) groups is 2. The van der Waals surface area contributed by atoms with E-state index in [2.05, 4.69) is 5.32 Å². The highest BCUT2D eigenvalue weighted by atomic mass is 16.5. The van der Waals surface area contributed by atoms with Crippen LogP contribution in [0.4, 0.5) is 0 Å². The van der Waals surface area contributed by atoms with Gasteiger partial charge in [-0.25, -0.2) is 0 Å². The summed E-state index contributed by atoms with van der Waals surface area (Å²) in [5.41, 5.74) is 6.83. The molecule has 0 fully saturated rings. The highest BCUT2D eigenvalue weighted by Crippen LogP contribution is 2.17. The zero-order valence-corrected chi connectivity index (χ0v) is 14.4. The van der Waals surface area contributed by atoms with E-state index in [1.165, 1.54) is 0 Å². The number of hydrogen-bond acceptors (Lipinski definition) is 3. The van der Waals surface area contributed by atoms with Gasteiger partial charge < -0.3 is 15.8 Å². The molecule has 26 heavy (non-hydrogen) atoms. The molecule has 1 atom stereocenters. The lowest BCUT2D eigenvalue weighted by Crippen LogP contribution is -2.45. The molecular weight excluding hydrogens is 328 g/mol. The van der Waals surface area contributed by atoms with Gasteiger partial charge >= 0.3 is 0 Å². The number of methoxy groups -OCH3 is 1. The molecule has 5 heteroatoms. The Hall–Kier alpha value is -3.34. The molecule has 0 aliphatic heterocycles. The summed E-state index contributed by atoms with van der Waals surface area (Å²) in [6, 6.07) is 19.7. The van der Waals surface area contributed by atoms with Crippen LogP contribution in [0.1, 0.15) is 15.9 Å². The fourth-order valence-electron chi connectivity index (χ4n) is 2.83. The normalized spacial score (nSPS) is 11.7. The van der Waals surface area contributed by atoms with Gasteiger partial charge in [0.2, 0.25) is 5.91 Å². The summed E-state index contributed by atoms with van der Waals surface area (Å²) in [5, 5.41) is 4.74. The second kappa shape index (κ2) is 7.70. The molecule has 0 unspecified atom stereocenters. The van der Waals surface area contributed by atoms with E-state index in [-0.39, 0.29) is 5.91 Å². The highest BCUT2D eigenvalue weighted by Gasteiger charge is 2.20. The van der Waals surface area contributed by atoms with Crippen LogP contribution in [-0.2, 0) is 11.2 Å². The van der Waals surface area contributed by atoms with Gasteiger partial charge in [-0.15, -0.1) is 0 Å². The second-order valence-corrected chi connectivity index (χ2v) is 6.05. The monoisotopic (exact) mass is 348 g/mol. The van der Waals surface area contributed by atoms with Crippen LogP contribution in [-0.4, -0.2) is 25.0 Å². The summed E-state index contributed by atoms with van der Waals surface area (Å²) in [4.78, 5) is 24.4. The maximum absolute atomic E-state index is 12.6. The standard InChI is InChI=1S/C21H20N2O3/c1-26-18-8-4-5-14(11-18)12-19(20(22)24)23-21(25)17-10-9-15-6-2-3-7-16(15)13-17/h2-11,13,19H,12H2,1H3,(H2,22,24)(H,23,25)/t19-/m1/s1. The van der Waals surface area contributed by atoms with Gasteiger partial charge in [0.15, 0.2) is 0 Å². The quantitative estimate of drug-likeness (QED) is 0.718. The number of rotatable bonds is 6. The van der Waals surface area contributed by atoms with Crippen molar-refractivity contribution in [3.63, 3.8) is 0 Å². The van der Waals surface area contributed by atoms with Crippen molar-refractivity contribution in [2.24, 2.45) is 5.73 Å². The molecule has 0 saturated heterocycles. The molecule has 0 aliphatic rings. The predicted molar refractivity (Wildman–Crippen MR) is 101 cm³/mol. The number of nitrogens with two attached hydrogens (primary N) is 1. The Labute approximate surface area is 151 Å². The molecule has 3 N–H and O–H groups in total. The smallest absolute Gasteiger partial charge is 0.251 e. The molecule has 0 bridgehead atoms. The van der Waals surface area contributed by atoms with E-state index in [1.807, 2.05) is 54.6 Å². The molecule has 0 aromatic heterocycles. The molecule has 0 radical (unpaired) electrons. The van der Waals surface area contributed by atoms with Gasteiger partial charge in [0, 0.05) is 12.0 Å². The molecule has 0 heterocycles. The van der Waals surface area contributed by atoms with E-state index in [0.717, 1.165) is 16.3 Å². The lowest BCUT2D eigenvalue weighted by Gasteiger charge is -2.16. The van der Waals surface area contributed by atoms with Crippen LogP contribution in [0, 0.1) is 0 Å². The summed E-state index contributed by atoms with van der Waals surface area (Å²) < 4.78 is 5.18. The van der Waals surface area contributed by atoms with E-state index in [1.54, 1.807) is 19.2 Å². The van der Waals surface area contributed by atoms with Crippen LogP contribution in [0.5, 0.6) is 5.75 Å². The van der Waals surface area contributed by atoms with Crippen molar-refractivity contribution in [2.75, 3.05) is 7.11 Å². The zero-order valence-electron chi connectivity index (χ0n) is 14.4. The molecule has 0 aliphatic carbocycles. The molecule has 0 spiro atoms. The highest BCUT2D eigenvalue weighted by molar-refractivity contribution is 6.00. The van der Waals surface area contributed by atoms with E-state index in [4.69, 9.17) is 10.5 Å². The fraction of sp³-hybridized carbons (Fsp3) is 0.143. The minimum absolute atomic E-state index is 0.297. The molecule has 0 saturated carbocycles. The average Bonchev–Trinajstić information content (AvgIpc) is 2.67. The Morgan fingerprint density at radius 1 is 1.00 bits per heavy atom. The van der Waals surface area contributed by atoms with Crippen LogP contribution in [0.15, 0.2) is 66.7 Å². The first kappa shape index (κ1) is 17.5. The molecule has 5 nitrogen and oxygen atoms in total. The van der Waals surface area contributed by atoms with Gasteiger partial charge in [-0.2, -0.15) is 0 Å². The van der Waals surface area contributed by atoms with Crippen molar-refractivity contribution < 1.29 is 14.3 Å². The third-order valence-electron chi connectivity index (χ3n) is 4.23. The minimum Gasteiger partial charge on any atom is -0.497 e. The van der Waals surface area contributed by atoms with Crippen molar-refractivity contribution in [3.05, 3.63) is 77.9 Å². The Morgan fingerprint density at radius 3 is 2.50 bits per heavy atom. The van der Waals surface area contributed by atoms with Gasteiger partial charge in [-0.1, -0.05) is 42.5 Å². The van der Waals surface area contributed by atoms with Crippen LogP contribution in [0.2, 0.25) is 0 Å².